The number of amides is 3. The maximum atomic E-state index is 13.2. The van der Waals surface area contributed by atoms with Gasteiger partial charge in [-0.05, 0) is 24.6 Å². The fourth-order valence-corrected chi connectivity index (χ4v) is 3.98. The smallest absolute Gasteiger partial charge is 0.329 e. The molecule has 2 N–H and O–H groups in total. The molecular weight excluding hydrogens is 410 g/mol. The Hall–Kier alpha value is -3.50. The normalized spacial score (nSPS) is 22.5. The number of rotatable bonds is 4. The Morgan fingerprint density at radius 1 is 1.29 bits per heavy atom. The van der Waals surface area contributed by atoms with Crippen molar-refractivity contribution in [2.45, 2.75) is 30.8 Å². The number of ether oxygens (including phenoxy) is 1. The molecule has 2 aromatic rings. The Bertz CT molecular complexity index is 1060. The maximum absolute atomic E-state index is 13.2. The van der Waals surface area contributed by atoms with Crippen molar-refractivity contribution in [1.29, 1.82) is 0 Å². The second-order valence-electron chi connectivity index (χ2n) is 7.80. The third-order valence-corrected chi connectivity index (χ3v) is 5.74. The van der Waals surface area contributed by atoms with E-state index in [0.29, 0.717) is 23.9 Å². The van der Waals surface area contributed by atoms with Gasteiger partial charge in [-0.1, -0.05) is 0 Å². The van der Waals surface area contributed by atoms with Gasteiger partial charge in [0.2, 0.25) is 0 Å². The van der Waals surface area contributed by atoms with E-state index in [9.17, 15) is 18.4 Å². The average Bonchev–Trinajstić information content (AvgIpc) is 3.15. The van der Waals surface area contributed by atoms with Gasteiger partial charge in [0, 0.05) is 31.8 Å². The minimum Gasteiger partial charge on any atom is -0.497 e. The van der Waals surface area contributed by atoms with Gasteiger partial charge < -0.3 is 15.0 Å². The number of pyridine rings is 2. The standard InChI is InChI=1S/C20H20F2N6O3/c1-31-12-4-6-23-16(8-12)26-19(30)28-11-5-7-27(10-11)14-3-2-13(24-17(14)28)18(29)25-15-9-20(15,21)22/h2-4,6,8,11,15H,5,7,9-10H2,1H3,(H,25,29)(H,23,26,30)/t11-,15+/m0/s1. The van der Waals surface area contributed by atoms with Crippen LogP contribution in [0.1, 0.15) is 23.3 Å². The van der Waals surface area contributed by atoms with Gasteiger partial charge in [-0.2, -0.15) is 0 Å². The van der Waals surface area contributed by atoms with Crippen molar-refractivity contribution < 1.29 is 23.1 Å². The largest absolute Gasteiger partial charge is 0.497 e. The van der Waals surface area contributed by atoms with E-state index >= 15 is 0 Å². The summed E-state index contributed by atoms with van der Waals surface area (Å²) >= 11 is 0. The van der Waals surface area contributed by atoms with E-state index in [2.05, 4.69) is 25.5 Å². The molecule has 5 rings (SSSR count). The molecule has 162 valence electrons. The second kappa shape index (κ2) is 7.03. The number of carbonyl (C=O) groups excluding carboxylic acids is 2. The number of anilines is 3. The number of aromatic nitrogens is 2. The quantitative estimate of drug-likeness (QED) is 0.772. The number of fused-ring (bicyclic) bond motifs is 4. The van der Waals surface area contributed by atoms with Crippen molar-refractivity contribution in [2.24, 2.45) is 0 Å². The number of halogens is 2. The highest BCUT2D eigenvalue weighted by Gasteiger charge is 2.58. The van der Waals surface area contributed by atoms with Crippen molar-refractivity contribution in [3.63, 3.8) is 0 Å². The van der Waals surface area contributed by atoms with Gasteiger partial charge in [-0.15, -0.1) is 0 Å². The molecule has 2 aliphatic heterocycles. The molecule has 4 heterocycles. The number of methoxy groups -OCH3 is 1. The molecule has 31 heavy (non-hydrogen) atoms. The Kier molecular flexibility index (Phi) is 4.42. The number of hydrogen-bond donors (Lipinski definition) is 2. The summed E-state index contributed by atoms with van der Waals surface area (Å²) in [4.78, 5) is 37.7. The zero-order chi connectivity index (χ0) is 21.8. The van der Waals surface area contributed by atoms with Crippen LogP contribution in [0.15, 0.2) is 30.5 Å². The zero-order valence-electron chi connectivity index (χ0n) is 16.6. The van der Waals surface area contributed by atoms with Crippen LogP contribution >= 0.6 is 0 Å². The molecule has 9 nitrogen and oxygen atoms in total. The van der Waals surface area contributed by atoms with Crippen LogP contribution in [0, 0.1) is 0 Å². The molecule has 0 radical (unpaired) electrons. The zero-order valence-corrected chi connectivity index (χ0v) is 16.6. The van der Waals surface area contributed by atoms with Crippen molar-refractivity contribution in [2.75, 3.05) is 35.3 Å². The summed E-state index contributed by atoms with van der Waals surface area (Å²) in [6, 6.07) is 4.72. The highest BCUT2D eigenvalue weighted by Crippen LogP contribution is 2.42. The fourth-order valence-electron chi connectivity index (χ4n) is 3.98. The second-order valence-corrected chi connectivity index (χ2v) is 7.80. The molecule has 0 unspecified atom stereocenters. The van der Waals surface area contributed by atoms with Gasteiger partial charge >= 0.3 is 6.03 Å². The Morgan fingerprint density at radius 3 is 2.84 bits per heavy atom. The molecule has 2 bridgehead atoms. The first kappa shape index (κ1) is 19.5. The van der Waals surface area contributed by atoms with Crippen molar-refractivity contribution in [3.8, 4) is 5.75 Å². The molecule has 1 saturated carbocycles. The van der Waals surface area contributed by atoms with E-state index in [1.54, 1.807) is 18.2 Å². The molecule has 11 heteroatoms. The molecule has 0 aromatic carbocycles. The highest BCUT2D eigenvalue weighted by atomic mass is 19.3. The predicted octanol–water partition coefficient (Wildman–Crippen LogP) is 2.25. The van der Waals surface area contributed by atoms with Crippen molar-refractivity contribution in [1.82, 2.24) is 15.3 Å². The monoisotopic (exact) mass is 430 g/mol. The number of carbonyl (C=O) groups is 2. The van der Waals surface area contributed by atoms with Crippen LogP contribution in [0.3, 0.4) is 0 Å². The van der Waals surface area contributed by atoms with Crippen molar-refractivity contribution in [3.05, 3.63) is 36.2 Å². The number of nitrogens with zero attached hydrogens (tertiary/aromatic N) is 4. The Balaban J connectivity index is 1.42. The van der Waals surface area contributed by atoms with Gasteiger partial charge in [0.1, 0.15) is 17.3 Å². The lowest BCUT2D eigenvalue weighted by Crippen LogP contribution is -2.48. The molecule has 3 amide bonds. The predicted molar refractivity (Wildman–Crippen MR) is 108 cm³/mol. The minimum atomic E-state index is -2.87. The average molecular weight is 430 g/mol. The summed E-state index contributed by atoms with van der Waals surface area (Å²) < 4.78 is 31.5. The maximum Gasteiger partial charge on any atom is 0.329 e. The number of nitrogens with one attached hydrogen (secondary N) is 2. The molecule has 1 aliphatic carbocycles. The summed E-state index contributed by atoms with van der Waals surface area (Å²) in [5, 5.41) is 5.04. The van der Waals surface area contributed by atoms with E-state index in [0.717, 1.165) is 18.7 Å². The van der Waals surface area contributed by atoms with Crippen LogP contribution in [0.4, 0.5) is 30.9 Å². The third kappa shape index (κ3) is 3.49. The van der Waals surface area contributed by atoms with Crippen molar-refractivity contribution >= 4 is 29.3 Å². The molecular formula is C20H20F2N6O3. The summed E-state index contributed by atoms with van der Waals surface area (Å²) in [5.41, 5.74) is 0.706. The number of hydrogen-bond acceptors (Lipinski definition) is 6. The van der Waals surface area contributed by atoms with Gasteiger partial charge in [0.25, 0.3) is 11.8 Å². The van der Waals surface area contributed by atoms with E-state index in [1.807, 2.05) is 0 Å². The third-order valence-electron chi connectivity index (χ3n) is 5.74. The van der Waals surface area contributed by atoms with Crippen LogP contribution in [0.2, 0.25) is 0 Å². The fraction of sp³-hybridized carbons (Fsp3) is 0.400. The summed E-state index contributed by atoms with van der Waals surface area (Å²) in [5.74, 6) is -2.37. The molecule has 1 saturated heterocycles. The molecule has 2 fully saturated rings. The number of alkyl halides is 2. The molecule has 0 spiro atoms. The van der Waals surface area contributed by atoms with Crippen LogP contribution in [0.25, 0.3) is 0 Å². The Morgan fingerprint density at radius 2 is 2.10 bits per heavy atom. The Labute approximate surface area is 176 Å². The summed E-state index contributed by atoms with van der Waals surface area (Å²) in [6.07, 6.45) is 1.89. The summed E-state index contributed by atoms with van der Waals surface area (Å²) in [7, 11) is 1.52. The van der Waals surface area contributed by atoms with E-state index in [-0.39, 0.29) is 18.2 Å². The SMILES string of the molecule is COc1ccnc(NC(=O)N2c3nc(C(=O)N[C@@H]4CC4(F)F)ccc3N3CC[C@H]2C3)c1. The first-order valence-electron chi connectivity index (χ1n) is 9.90. The van der Waals surface area contributed by atoms with Crippen LogP contribution in [-0.2, 0) is 0 Å². The minimum absolute atomic E-state index is 0.0127. The molecule has 2 atom stereocenters. The van der Waals surface area contributed by atoms with Crippen LogP contribution in [-0.4, -0.2) is 60.1 Å². The van der Waals surface area contributed by atoms with Crippen LogP contribution < -0.4 is 25.2 Å². The van der Waals surface area contributed by atoms with E-state index in [4.69, 9.17) is 4.74 Å². The highest BCUT2D eigenvalue weighted by molar-refractivity contribution is 6.05. The lowest BCUT2D eigenvalue weighted by molar-refractivity contribution is 0.0845. The molecule has 2 aromatic heterocycles. The van der Waals surface area contributed by atoms with Gasteiger partial charge in [-0.3, -0.25) is 15.0 Å². The van der Waals surface area contributed by atoms with Gasteiger partial charge in [-0.25, -0.2) is 23.5 Å². The van der Waals surface area contributed by atoms with Crippen LogP contribution in [0.5, 0.6) is 5.75 Å². The van der Waals surface area contributed by atoms with Gasteiger partial charge in [0.05, 0.1) is 24.9 Å². The number of urea groups is 1. The topological polar surface area (TPSA) is 99.7 Å². The lowest BCUT2D eigenvalue weighted by atomic mass is 10.1. The molecule has 3 aliphatic rings. The summed E-state index contributed by atoms with van der Waals surface area (Å²) in [6.45, 7) is 1.40. The van der Waals surface area contributed by atoms with Gasteiger partial charge in [0.15, 0.2) is 5.82 Å². The first-order chi connectivity index (χ1) is 14.9. The lowest BCUT2D eigenvalue weighted by Gasteiger charge is -2.35. The van der Waals surface area contributed by atoms with E-state index < -0.39 is 23.9 Å². The first-order valence-corrected chi connectivity index (χ1v) is 9.90. The van der Waals surface area contributed by atoms with E-state index in [1.165, 1.54) is 24.3 Å².